The maximum Gasteiger partial charge on any atom is 0.410 e. The van der Waals surface area contributed by atoms with E-state index in [9.17, 15) is 14.0 Å². The minimum atomic E-state index is -0.564. The number of rotatable bonds is 2. The molecule has 11 heteroatoms. The molecule has 0 radical (unpaired) electrons. The summed E-state index contributed by atoms with van der Waals surface area (Å²) < 4.78 is 22.3. The summed E-state index contributed by atoms with van der Waals surface area (Å²) in [5.41, 5.74) is 2.36. The van der Waals surface area contributed by atoms with E-state index in [2.05, 4.69) is 14.9 Å². The molecule has 3 amide bonds. The lowest BCUT2D eigenvalue weighted by Crippen LogP contribution is -2.62. The quantitative estimate of drug-likeness (QED) is 0.474. The Morgan fingerprint density at radius 2 is 1.90 bits per heavy atom. The molecule has 10 nitrogen and oxygen atoms in total. The lowest BCUT2D eigenvalue weighted by Gasteiger charge is -2.48. The van der Waals surface area contributed by atoms with E-state index in [0.717, 1.165) is 16.9 Å². The van der Waals surface area contributed by atoms with Gasteiger partial charge in [-0.3, -0.25) is 14.7 Å². The van der Waals surface area contributed by atoms with Crippen molar-refractivity contribution in [2.75, 3.05) is 47.9 Å². The van der Waals surface area contributed by atoms with Gasteiger partial charge in [-0.05, 0) is 54.0 Å². The fourth-order valence-electron chi connectivity index (χ4n) is 5.43. The first-order valence-electron chi connectivity index (χ1n) is 13.2. The van der Waals surface area contributed by atoms with Gasteiger partial charge >= 0.3 is 12.1 Å². The van der Waals surface area contributed by atoms with Crippen LogP contribution in [0, 0.1) is 12.7 Å². The van der Waals surface area contributed by atoms with Crippen LogP contribution in [-0.4, -0.2) is 75.8 Å². The Kier molecular flexibility index (Phi) is 6.43. The van der Waals surface area contributed by atoms with Crippen molar-refractivity contribution in [3.63, 3.8) is 0 Å². The molecule has 208 valence electrons. The average molecular weight is 538 g/mol. The number of carbonyl (C=O) groups excluding carboxylic acids is 2. The topological polar surface area (TPSA) is 86.5 Å². The zero-order valence-corrected chi connectivity index (χ0v) is 23.7. The molecule has 5 heterocycles. The summed E-state index contributed by atoms with van der Waals surface area (Å²) in [6, 6.07) is 2.94. The molecule has 3 aromatic rings. The number of imidazole rings is 1. The summed E-state index contributed by atoms with van der Waals surface area (Å²) in [5, 5.41) is 0. The number of aromatic nitrogens is 3. The molecule has 0 bridgehead atoms. The van der Waals surface area contributed by atoms with Crippen LogP contribution in [0.25, 0.3) is 5.65 Å². The second-order valence-corrected chi connectivity index (χ2v) is 11.9. The predicted molar refractivity (Wildman–Crippen MR) is 148 cm³/mol. The SMILES string of the molecule is Cc1cn2cc(N(C)C(=O)N3CCc4c(N5CCN(C(=O)OC(C)(C)C)C(C)(C)C5)ccnc43)c(F)cc2n1. The highest BCUT2D eigenvalue weighted by molar-refractivity contribution is 6.04. The Hall–Kier alpha value is -3.89. The summed E-state index contributed by atoms with van der Waals surface area (Å²) in [6.07, 6.45) is 5.39. The number of ether oxygens (including phenoxy) is 1. The maximum absolute atomic E-state index is 15.0. The fraction of sp³-hybridized carbons (Fsp3) is 0.500. The van der Waals surface area contributed by atoms with Crippen molar-refractivity contribution in [3.8, 4) is 0 Å². The number of anilines is 3. The Balaban J connectivity index is 1.37. The van der Waals surface area contributed by atoms with Crippen molar-refractivity contribution in [1.29, 1.82) is 0 Å². The van der Waals surface area contributed by atoms with Gasteiger partial charge in [0.2, 0.25) is 0 Å². The van der Waals surface area contributed by atoms with Gasteiger partial charge in [0.1, 0.15) is 17.1 Å². The van der Waals surface area contributed by atoms with Gasteiger partial charge in [-0.1, -0.05) is 0 Å². The summed E-state index contributed by atoms with van der Waals surface area (Å²) in [4.78, 5) is 42.2. The summed E-state index contributed by atoms with van der Waals surface area (Å²) in [7, 11) is 1.57. The third-order valence-corrected chi connectivity index (χ3v) is 7.23. The van der Waals surface area contributed by atoms with Gasteiger partial charge in [-0.2, -0.15) is 0 Å². The molecular weight excluding hydrogens is 501 g/mol. The number of nitrogens with zero attached hydrogens (tertiary/aromatic N) is 7. The molecule has 1 fully saturated rings. The van der Waals surface area contributed by atoms with Gasteiger partial charge in [0.15, 0.2) is 5.82 Å². The van der Waals surface area contributed by atoms with Gasteiger partial charge in [0, 0.05) is 69.1 Å². The lowest BCUT2D eigenvalue weighted by atomic mass is 9.98. The molecule has 39 heavy (non-hydrogen) atoms. The number of pyridine rings is 2. The highest BCUT2D eigenvalue weighted by atomic mass is 19.1. The van der Waals surface area contributed by atoms with Crippen LogP contribution in [0.15, 0.2) is 30.7 Å². The molecule has 3 aromatic heterocycles. The number of amides is 3. The lowest BCUT2D eigenvalue weighted by molar-refractivity contribution is 0.000363. The normalized spacial score (nSPS) is 17.0. The Morgan fingerprint density at radius 3 is 2.59 bits per heavy atom. The Morgan fingerprint density at radius 1 is 1.15 bits per heavy atom. The second-order valence-electron chi connectivity index (χ2n) is 11.9. The summed E-state index contributed by atoms with van der Waals surface area (Å²) in [6.45, 7) is 13.7. The first-order chi connectivity index (χ1) is 18.2. The van der Waals surface area contributed by atoms with E-state index in [1.54, 1.807) is 39.8 Å². The van der Waals surface area contributed by atoms with E-state index in [0.29, 0.717) is 44.1 Å². The highest BCUT2D eigenvalue weighted by Gasteiger charge is 2.40. The highest BCUT2D eigenvalue weighted by Crippen LogP contribution is 2.37. The number of fused-ring (bicyclic) bond motifs is 2. The minimum Gasteiger partial charge on any atom is -0.444 e. The number of halogens is 1. The first-order valence-corrected chi connectivity index (χ1v) is 13.2. The van der Waals surface area contributed by atoms with Crippen molar-refractivity contribution in [2.24, 2.45) is 0 Å². The van der Waals surface area contributed by atoms with Gasteiger partial charge in [0.25, 0.3) is 0 Å². The molecular formula is C28H36FN7O3. The van der Waals surface area contributed by atoms with Crippen molar-refractivity contribution in [2.45, 2.75) is 59.1 Å². The van der Waals surface area contributed by atoms with Crippen LogP contribution in [0.2, 0.25) is 0 Å². The van der Waals surface area contributed by atoms with E-state index in [1.807, 2.05) is 47.6 Å². The third-order valence-electron chi connectivity index (χ3n) is 7.23. The number of hydrogen-bond donors (Lipinski definition) is 0. The average Bonchev–Trinajstić information content (AvgIpc) is 3.42. The van der Waals surface area contributed by atoms with Crippen molar-refractivity contribution >= 4 is 35.0 Å². The summed E-state index contributed by atoms with van der Waals surface area (Å²) in [5.74, 6) is 0.0619. The monoisotopic (exact) mass is 537 g/mol. The fourth-order valence-corrected chi connectivity index (χ4v) is 5.43. The number of urea groups is 1. The van der Waals surface area contributed by atoms with Crippen LogP contribution < -0.4 is 14.7 Å². The molecule has 5 rings (SSSR count). The molecule has 0 N–H and O–H groups in total. The predicted octanol–water partition coefficient (Wildman–Crippen LogP) is 4.63. The Labute approximate surface area is 228 Å². The molecule has 0 aromatic carbocycles. The van der Waals surface area contributed by atoms with Crippen LogP contribution in [0.4, 0.5) is 31.2 Å². The molecule has 0 unspecified atom stereocenters. The van der Waals surface area contributed by atoms with E-state index in [1.165, 1.54) is 11.0 Å². The second kappa shape index (κ2) is 9.39. The summed E-state index contributed by atoms with van der Waals surface area (Å²) >= 11 is 0. The van der Waals surface area contributed by atoms with Gasteiger partial charge in [-0.25, -0.2) is 23.9 Å². The van der Waals surface area contributed by atoms with Gasteiger partial charge in [-0.15, -0.1) is 0 Å². The van der Waals surface area contributed by atoms with Crippen LogP contribution in [0.3, 0.4) is 0 Å². The maximum atomic E-state index is 15.0. The van der Waals surface area contributed by atoms with E-state index in [-0.39, 0.29) is 17.8 Å². The molecule has 0 spiro atoms. The van der Waals surface area contributed by atoms with Gasteiger partial charge in [0.05, 0.1) is 16.9 Å². The van der Waals surface area contributed by atoms with E-state index < -0.39 is 17.0 Å². The van der Waals surface area contributed by atoms with Gasteiger partial charge < -0.3 is 14.0 Å². The van der Waals surface area contributed by atoms with E-state index in [4.69, 9.17) is 4.74 Å². The van der Waals surface area contributed by atoms with Crippen LogP contribution in [0.1, 0.15) is 45.9 Å². The van der Waals surface area contributed by atoms with Crippen LogP contribution in [0.5, 0.6) is 0 Å². The standard InChI is InChI=1S/C28H36FN7O3/c1-18-15-34-16-22(20(29)14-23(34)31-18)32(7)25(37)35-11-9-19-21(8-10-30-24(19)35)33-12-13-36(28(5,6)17-33)26(38)39-27(2,3)4/h8,10,14-16H,9,11-13,17H2,1-7H3. The van der Waals surface area contributed by atoms with Crippen molar-refractivity contribution < 1.29 is 18.7 Å². The van der Waals surface area contributed by atoms with Crippen LogP contribution >= 0.6 is 0 Å². The van der Waals surface area contributed by atoms with Crippen LogP contribution in [-0.2, 0) is 11.2 Å². The van der Waals surface area contributed by atoms with Crippen molar-refractivity contribution in [1.82, 2.24) is 19.3 Å². The minimum absolute atomic E-state index is 0.162. The molecule has 0 aliphatic carbocycles. The van der Waals surface area contributed by atoms with E-state index >= 15 is 0 Å². The zero-order valence-electron chi connectivity index (χ0n) is 23.7. The number of piperazine rings is 1. The number of hydrogen-bond acceptors (Lipinski definition) is 6. The molecule has 1 saturated heterocycles. The molecule has 0 atom stereocenters. The molecule has 2 aliphatic rings. The Bertz CT molecular complexity index is 1440. The molecule has 0 saturated carbocycles. The third kappa shape index (κ3) is 4.97. The zero-order chi connectivity index (χ0) is 28.3. The number of aryl methyl sites for hydroxylation is 1. The largest absolute Gasteiger partial charge is 0.444 e. The first kappa shape index (κ1) is 26.7. The number of carbonyl (C=O) groups is 2. The smallest absolute Gasteiger partial charge is 0.410 e. The molecule has 2 aliphatic heterocycles. The van der Waals surface area contributed by atoms with Crippen molar-refractivity contribution in [3.05, 3.63) is 47.8 Å².